The van der Waals surface area contributed by atoms with Gasteiger partial charge in [0.1, 0.15) is 11.6 Å². The molecule has 4 nitrogen and oxygen atoms in total. The van der Waals surface area contributed by atoms with E-state index in [0.29, 0.717) is 0 Å². The van der Waals surface area contributed by atoms with Gasteiger partial charge in [-0.3, -0.25) is 4.79 Å². The molecule has 0 aromatic heterocycles. The summed E-state index contributed by atoms with van der Waals surface area (Å²) in [5.74, 6) is -1.97. The lowest BCUT2D eigenvalue weighted by molar-refractivity contribution is -0.119. The van der Waals surface area contributed by atoms with Crippen molar-refractivity contribution in [3.8, 4) is 0 Å². The van der Waals surface area contributed by atoms with Crippen LogP contribution in [0.5, 0.6) is 0 Å². The number of hydrogen-bond acceptors (Lipinski definition) is 3. The molecule has 0 radical (unpaired) electrons. The molecule has 0 aliphatic heterocycles. The fourth-order valence-electron chi connectivity index (χ4n) is 1.87. The van der Waals surface area contributed by atoms with Crippen molar-refractivity contribution in [1.29, 1.82) is 0 Å². The smallest absolute Gasteiger partial charge is 0.235 e. The van der Waals surface area contributed by atoms with Crippen LogP contribution >= 0.6 is 11.6 Å². The molecule has 1 N–H and O–H groups in total. The molecule has 1 aromatic carbocycles. The van der Waals surface area contributed by atoms with Gasteiger partial charge in [-0.15, -0.1) is 0 Å². The third-order valence-corrected chi connectivity index (χ3v) is 4.89. The van der Waals surface area contributed by atoms with Gasteiger partial charge in [-0.25, -0.2) is 12.8 Å². The molecule has 0 spiro atoms. The summed E-state index contributed by atoms with van der Waals surface area (Å²) in [6.07, 6.45) is 0. The minimum Gasteiger partial charge on any atom is -0.348 e. The summed E-state index contributed by atoms with van der Waals surface area (Å²) in [7, 11) is -3.42. The van der Waals surface area contributed by atoms with Crippen LogP contribution in [0.3, 0.4) is 0 Å². The number of carbonyl (C=O) groups excluding carboxylic acids is 1. The Kier molecular flexibility index (Phi) is 6.16. The fraction of sp³-hybridized carbons (Fsp3) is 0.500. The lowest BCUT2D eigenvalue weighted by atomic mass is 9.95. The third-order valence-electron chi connectivity index (χ3n) is 3.07. The van der Waals surface area contributed by atoms with Gasteiger partial charge in [-0.05, 0) is 18.1 Å². The Morgan fingerprint density at radius 3 is 2.48 bits per heavy atom. The highest BCUT2D eigenvalue weighted by atomic mass is 35.5. The first-order chi connectivity index (χ1) is 9.66. The Morgan fingerprint density at radius 1 is 1.38 bits per heavy atom. The van der Waals surface area contributed by atoms with Gasteiger partial charge in [0.2, 0.25) is 5.91 Å². The molecule has 0 aliphatic rings. The van der Waals surface area contributed by atoms with Gasteiger partial charge >= 0.3 is 0 Å². The van der Waals surface area contributed by atoms with Gasteiger partial charge in [-0.2, -0.15) is 0 Å². The molecule has 0 saturated heterocycles. The zero-order valence-electron chi connectivity index (χ0n) is 12.2. The molecule has 1 rings (SSSR count). The molecule has 0 bridgehead atoms. The molecule has 1 unspecified atom stereocenters. The van der Waals surface area contributed by atoms with Gasteiger partial charge in [0.25, 0.3) is 0 Å². The van der Waals surface area contributed by atoms with Gasteiger partial charge in [0.15, 0.2) is 9.84 Å². The fourth-order valence-corrected chi connectivity index (χ4v) is 2.72. The van der Waals surface area contributed by atoms with Crippen LogP contribution < -0.4 is 5.32 Å². The van der Waals surface area contributed by atoms with Crippen LogP contribution in [0.1, 0.15) is 32.4 Å². The van der Waals surface area contributed by atoms with Crippen molar-refractivity contribution in [2.24, 2.45) is 5.92 Å². The molecule has 0 heterocycles. The molecule has 0 aliphatic carbocycles. The maximum absolute atomic E-state index is 14.0. The standard InChI is InChI=1S/C14H19ClFNO3S/c1-4-21(19,20)8-13(18)17-14(9(2)3)11-6-5-10(15)7-12(11)16/h5-7,9,14H,4,8H2,1-3H3,(H,17,18). The zero-order valence-corrected chi connectivity index (χ0v) is 13.8. The van der Waals surface area contributed by atoms with Crippen molar-refractivity contribution in [2.75, 3.05) is 11.5 Å². The number of carbonyl (C=O) groups is 1. The summed E-state index contributed by atoms with van der Waals surface area (Å²) >= 11 is 5.71. The number of halogens is 2. The molecule has 1 amide bonds. The average Bonchev–Trinajstić information content (AvgIpc) is 2.36. The number of sulfone groups is 1. The van der Waals surface area contributed by atoms with E-state index in [1.807, 2.05) is 13.8 Å². The van der Waals surface area contributed by atoms with Crippen molar-refractivity contribution in [3.63, 3.8) is 0 Å². The number of rotatable bonds is 6. The maximum atomic E-state index is 14.0. The summed E-state index contributed by atoms with van der Waals surface area (Å²) in [5, 5.41) is 2.84. The quantitative estimate of drug-likeness (QED) is 0.869. The zero-order chi connectivity index (χ0) is 16.2. The summed E-state index contributed by atoms with van der Waals surface area (Å²) in [4.78, 5) is 11.8. The lowest BCUT2D eigenvalue weighted by Crippen LogP contribution is -2.36. The van der Waals surface area contributed by atoms with Gasteiger partial charge < -0.3 is 5.32 Å². The number of benzene rings is 1. The van der Waals surface area contributed by atoms with E-state index in [2.05, 4.69) is 5.32 Å². The average molecular weight is 336 g/mol. The largest absolute Gasteiger partial charge is 0.348 e. The molecule has 21 heavy (non-hydrogen) atoms. The molecular weight excluding hydrogens is 317 g/mol. The topological polar surface area (TPSA) is 63.2 Å². The summed E-state index contributed by atoms with van der Waals surface area (Å²) in [6, 6.07) is 3.59. The predicted molar refractivity (Wildman–Crippen MR) is 81.5 cm³/mol. The Hall–Kier alpha value is -1.14. The molecule has 1 atom stereocenters. The van der Waals surface area contributed by atoms with E-state index in [1.165, 1.54) is 25.1 Å². The van der Waals surface area contributed by atoms with Crippen molar-refractivity contribution >= 4 is 27.3 Å². The Bertz CT molecular complexity index is 617. The normalized spacial score (nSPS) is 13.2. The van der Waals surface area contributed by atoms with Crippen LogP contribution in [0.25, 0.3) is 0 Å². The SMILES string of the molecule is CCS(=O)(=O)CC(=O)NC(c1ccc(Cl)cc1F)C(C)C. The summed E-state index contributed by atoms with van der Waals surface area (Å²) in [6.45, 7) is 5.10. The van der Waals surface area contributed by atoms with Crippen LogP contribution in [0.2, 0.25) is 5.02 Å². The van der Waals surface area contributed by atoms with E-state index < -0.39 is 33.4 Å². The predicted octanol–water partition coefficient (Wildman–Crippen LogP) is 2.73. The first-order valence-electron chi connectivity index (χ1n) is 6.61. The van der Waals surface area contributed by atoms with E-state index in [4.69, 9.17) is 11.6 Å². The maximum Gasteiger partial charge on any atom is 0.235 e. The number of nitrogens with one attached hydrogen (secondary N) is 1. The van der Waals surface area contributed by atoms with E-state index in [0.717, 1.165) is 0 Å². The Balaban J connectivity index is 2.96. The minimum absolute atomic E-state index is 0.103. The van der Waals surface area contributed by atoms with Crippen molar-refractivity contribution < 1.29 is 17.6 Å². The molecule has 1 aromatic rings. The van der Waals surface area contributed by atoms with E-state index in [9.17, 15) is 17.6 Å². The second-order valence-electron chi connectivity index (χ2n) is 5.13. The molecule has 0 saturated carbocycles. The highest BCUT2D eigenvalue weighted by Crippen LogP contribution is 2.26. The summed E-state index contributed by atoms with van der Waals surface area (Å²) < 4.78 is 36.9. The minimum atomic E-state index is -3.42. The first-order valence-corrected chi connectivity index (χ1v) is 8.81. The highest BCUT2D eigenvalue weighted by Gasteiger charge is 2.23. The van der Waals surface area contributed by atoms with E-state index in [1.54, 1.807) is 0 Å². The Morgan fingerprint density at radius 2 is 2.00 bits per heavy atom. The van der Waals surface area contributed by atoms with Crippen molar-refractivity contribution in [1.82, 2.24) is 5.32 Å². The molecule has 0 fully saturated rings. The van der Waals surface area contributed by atoms with Crippen molar-refractivity contribution in [2.45, 2.75) is 26.8 Å². The second kappa shape index (κ2) is 7.22. The Labute approximate surface area is 129 Å². The van der Waals surface area contributed by atoms with Crippen LogP contribution in [-0.2, 0) is 14.6 Å². The third kappa shape index (κ3) is 5.28. The van der Waals surface area contributed by atoms with Gasteiger partial charge in [-0.1, -0.05) is 38.4 Å². The molecule has 7 heteroatoms. The number of hydrogen-bond donors (Lipinski definition) is 1. The van der Waals surface area contributed by atoms with Gasteiger partial charge in [0.05, 0.1) is 6.04 Å². The number of amides is 1. The summed E-state index contributed by atoms with van der Waals surface area (Å²) in [5.41, 5.74) is 0.289. The van der Waals surface area contributed by atoms with Crippen LogP contribution in [0.4, 0.5) is 4.39 Å². The molecular formula is C14H19ClFNO3S. The van der Waals surface area contributed by atoms with Crippen LogP contribution in [0.15, 0.2) is 18.2 Å². The van der Waals surface area contributed by atoms with Crippen molar-refractivity contribution in [3.05, 3.63) is 34.6 Å². The molecule has 118 valence electrons. The lowest BCUT2D eigenvalue weighted by Gasteiger charge is -2.23. The van der Waals surface area contributed by atoms with Crippen LogP contribution in [0, 0.1) is 11.7 Å². The van der Waals surface area contributed by atoms with Gasteiger partial charge in [0, 0.05) is 16.3 Å². The van der Waals surface area contributed by atoms with E-state index in [-0.39, 0.29) is 22.3 Å². The first kappa shape index (κ1) is 17.9. The monoisotopic (exact) mass is 335 g/mol. The van der Waals surface area contributed by atoms with Crippen LogP contribution in [-0.4, -0.2) is 25.8 Å². The second-order valence-corrected chi connectivity index (χ2v) is 7.92. The van der Waals surface area contributed by atoms with E-state index >= 15 is 0 Å². The highest BCUT2D eigenvalue weighted by molar-refractivity contribution is 7.92.